The Bertz CT molecular complexity index is 986. The van der Waals surface area contributed by atoms with E-state index in [2.05, 4.69) is 10.4 Å². The van der Waals surface area contributed by atoms with E-state index in [-0.39, 0.29) is 0 Å². The van der Waals surface area contributed by atoms with Crippen LogP contribution in [0, 0.1) is 0 Å². The number of esters is 1. The summed E-state index contributed by atoms with van der Waals surface area (Å²) in [4.78, 5) is 25.0. The van der Waals surface area contributed by atoms with Crippen LogP contribution in [-0.4, -0.2) is 34.8 Å². The monoisotopic (exact) mass is 397 g/mol. The van der Waals surface area contributed by atoms with Crippen molar-refractivity contribution in [2.75, 3.05) is 7.11 Å². The van der Waals surface area contributed by atoms with Crippen LogP contribution in [0.5, 0.6) is 0 Å². The summed E-state index contributed by atoms with van der Waals surface area (Å²) >= 11 is 6.22. The average molecular weight is 398 g/mol. The van der Waals surface area contributed by atoms with E-state index < -0.39 is 17.9 Å². The predicted molar refractivity (Wildman–Crippen MR) is 107 cm³/mol. The first-order valence-corrected chi connectivity index (χ1v) is 9.09. The van der Waals surface area contributed by atoms with E-state index in [1.807, 2.05) is 48.5 Å². The zero-order chi connectivity index (χ0) is 20.1. The van der Waals surface area contributed by atoms with Crippen molar-refractivity contribution in [1.29, 1.82) is 0 Å². The third kappa shape index (κ3) is 4.40. The van der Waals surface area contributed by atoms with Gasteiger partial charge >= 0.3 is 5.97 Å². The molecule has 1 aromatic heterocycles. The number of nitrogens with one attached hydrogen (secondary N) is 1. The number of methoxy groups -OCH3 is 1. The summed E-state index contributed by atoms with van der Waals surface area (Å²) in [5, 5.41) is 7.67. The number of aryl methyl sites for hydroxylation is 1. The van der Waals surface area contributed by atoms with Crippen LogP contribution in [0.2, 0.25) is 5.02 Å². The number of aromatic nitrogens is 2. The van der Waals surface area contributed by atoms with Crippen molar-refractivity contribution in [1.82, 2.24) is 15.1 Å². The smallest absolute Gasteiger partial charge is 0.328 e. The molecule has 144 valence electrons. The number of nitrogens with zero attached hydrogens (tertiary/aromatic N) is 2. The highest BCUT2D eigenvalue weighted by molar-refractivity contribution is 6.33. The zero-order valence-corrected chi connectivity index (χ0v) is 16.3. The van der Waals surface area contributed by atoms with Crippen LogP contribution in [0.25, 0.3) is 11.3 Å². The van der Waals surface area contributed by atoms with Crippen LogP contribution in [0.3, 0.4) is 0 Å². The first kappa shape index (κ1) is 19.6. The van der Waals surface area contributed by atoms with E-state index in [4.69, 9.17) is 16.3 Å². The first-order chi connectivity index (χ1) is 13.5. The van der Waals surface area contributed by atoms with Crippen molar-refractivity contribution >= 4 is 23.5 Å². The molecule has 0 spiro atoms. The molecule has 6 nitrogen and oxygen atoms in total. The Morgan fingerprint density at radius 2 is 1.82 bits per heavy atom. The maximum Gasteiger partial charge on any atom is 0.328 e. The molecule has 0 aliphatic heterocycles. The molecule has 0 bridgehead atoms. The Hall–Kier alpha value is -3.12. The van der Waals surface area contributed by atoms with Crippen molar-refractivity contribution in [3.8, 4) is 11.3 Å². The summed E-state index contributed by atoms with van der Waals surface area (Å²) in [5.41, 5.74) is 2.54. The summed E-state index contributed by atoms with van der Waals surface area (Å²) in [5.74, 6) is -0.926. The van der Waals surface area contributed by atoms with Gasteiger partial charge in [0.15, 0.2) is 0 Å². The molecule has 1 atom stereocenters. The molecule has 0 aliphatic rings. The van der Waals surface area contributed by atoms with E-state index in [0.717, 1.165) is 11.1 Å². The van der Waals surface area contributed by atoms with Gasteiger partial charge in [0.1, 0.15) is 11.7 Å². The summed E-state index contributed by atoms with van der Waals surface area (Å²) in [6.45, 7) is 0. The predicted octanol–water partition coefficient (Wildman–Crippen LogP) is 3.25. The number of rotatable bonds is 6. The lowest BCUT2D eigenvalue weighted by Crippen LogP contribution is -2.43. The standard InChI is InChI=1S/C21H20ClN3O3/c1-25-19(13-17(24-25)15-10-6-7-11-16(15)22)20(26)23-18(21(27)28-2)12-14-8-4-3-5-9-14/h3-11,13,18H,12H2,1-2H3,(H,23,26)/t18-/m0/s1. The number of amides is 1. The Morgan fingerprint density at radius 3 is 2.50 bits per heavy atom. The van der Waals surface area contributed by atoms with Crippen molar-refractivity contribution in [2.45, 2.75) is 12.5 Å². The van der Waals surface area contributed by atoms with Gasteiger partial charge in [-0.05, 0) is 17.7 Å². The molecule has 1 N–H and O–H groups in total. The first-order valence-electron chi connectivity index (χ1n) is 8.71. The highest BCUT2D eigenvalue weighted by Crippen LogP contribution is 2.26. The van der Waals surface area contributed by atoms with Gasteiger partial charge in [-0.2, -0.15) is 5.10 Å². The lowest BCUT2D eigenvalue weighted by atomic mass is 10.1. The molecule has 0 saturated heterocycles. The Labute approximate surface area is 168 Å². The van der Waals surface area contributed by atoms with Crippen molar-refractivity contribution in [2.24, 2.45) is 7.05 Å². The minimum atomic E-state index is -0.807. The van der Waals surface area contributed by atoms with Gasteiger partial charge in [-0.3, -0.25) is 9.48 Å². The van der Waals surface area contributed by atoms with Gasteiger partial charge in [-0.15, -0.1) is 0 Å². The fraction of sp³-hybridized carbons (Fsp3) is 0.190. The van der Waals surface area contributed by atoms with Gasteiger partial charge in [-0.1, -0.05) is 60.1 Å². The highest BCUT2D eigenvalue weighted by Gasteiger charge is 2.24. The maximum absolute atomic E-state index is 12.8. The largest absolute Gasteiger partial charge is 0.467 e. The molecule has 0 aliphatic carbocycles. The maximum atomic E-state index is 12.8. The van der Waals surface area contributed by atoms with Crippen LogP contribution >= 0.6 is 11.6 Å². The second-order valence-corrected chi connectivity index (χ2v) is 6.66. The van der Waals surface area contributed by atoms with Crippen molar-refractivity contribution in [3.63, 3.8) is 0 Å². The van der Waals surface area contributed by atoms with Crippen LogP contribution < -0.4 is 5.32 Å². The number of benzene rings is 2. The minimum Gasteiger partial charge on any atom is -0.467 e. The van der Waals surface area contributed by atoms with E-state index >= 15 is 0 Å². The Kier molecular flexibility index (Phi) is 6.11. The number of halogens is 1. The van der Waals surface area contributed by atoms with Crippen LogP contribution in [0.1, 0.15) is 16.1 Å². The van der Waals surface area contributed by atoms with E-state index in [0.29, 0.717) is 22.8 Å². The third-order valence-corrected chi connectivity index (χ3v) is 4.67. The van der Waals surface area contributed by atoms with E-state index in [9.17, 15) is 9.59 Å². The number of hydrogen-bond acceptors (Lipinski definition) is 4. The molecule has 3 rings (SSSR count). The highest BCUT2D eigenvalue weighted by atomic mass is 35.5. The number of ether oxygens (including phenoxy) is 1. The van der Waals surface area contributed by atoms with Gasteiger partial charge in [0, 0.05) is 19.0 Å². The normalized spacial score (nSPS) is 11.7. The fourth-order valence-electron chi connectivity index (χ4n) is 2.90. The third-order valence-electron chi connectivity index (χ3n) is 4.34. The Morgan fingerprint density at radius 1 is 1.14 bits per heavy atom. The van der Waals surface area contributed by atoms with Crippen molar-refractivity contribution in [3.05, 3.63) is 76.9 Å². The second kappa shape index (κ2) is 8.71. The van der Waals surface area contributed by atoms with Crippen LogP contribution in [-0.2, 0) is 23.0 Å². The average Bonchev–Trinajstić information content (AvgIpc) is 3.09. The lowest BCUT2D eigenvalue weighted by molar-refractivity contribution is -0.142. The molecule has 1 heterocycles. The number of carbonyl (C=O) groups is 2. The van der Waals surface area contributed by atoms with Crippen molar-refractivity contribution < 1.29 is 14.3 Å². The molecule has 0 saturated carbocycles. The molecule has 0 radical (unpaired) electrons. The molecular weight excluding hydrogens is 378 g/mol. The van der Waals surface area contributed by atoms with Gasteiger partial charge in [-0.25, -0.2) is 4.79 Å². The Balaban J connectivity index is 1.82. The molecule has 7 heteroatoms. The zero-order valence-electron chi connectivity index (χ0n) is 15.6. The summed E-state index contributed by atoms with van der Waals surface area (Å²) in [7, 11) is 2.96. The van der Waals surface area contributed by atoms with Gasteiger partial charge in [0.05, 0.1) is 17.8 Å². The summed E-state index contributed by atoms with van der Waals surface area (Å²) in [6.07, 6.45) is 0.328. The minimum absolute atomic E-state index is 0.317. The molecule has 28 heavy (non-hydrogen) atoms. The second-order valence-electron chi connectivity index (χ2n) is 6.26. The topological polar surface area (TPSA) is 73.2 Å². The van der Waals surface area contributed by atoms with Crippen LogP contribution in [0.15, 0.2) is 60.7 Å². The molecule has 2 aromatic carbocycles. The quantitative estimate of drug-likeness (QED) is 0.648. The number of carbonyl (C=O) groups excluding carboxylic acids is 2. The summed E-state index contributed by atoms with van der Waals surface area (Å²) < 4.78 is 6.31. The molecule has 0 unspecified atom stereocenters. The molecular formula is C21H20ClN3O3. The van der Waals surface area contributed by atoms with Gasteiger partial charge < -0.3 is 10.1 Å². The molecule has 1 amide bonds. The molecule has 0 fully saturated rings. The van der Waals surface area contributed by atoms with Crippen LogP contribution in [0.4, 0.5) is 0 Å². The summed E-state index contributed by atoms with van der Waals surface area (Å²) in [6, 6.07) is 17.5. The van der Waals surface area contributed by atoms with Gasteiger partial charge in [0.2, 0.25) is 0 Å². The van der Waals surface area contributed by atoms with E-state index in [1.165, 1.54) is 11.8 Å². The van der Waals surface area contributed by atoms with E-state index in [1.54, 1.807) is 19.2 Å². The number of hydrogen-bond donors (Lipinski definition) is 1. The molecule has 3 aromatic rings. The van der Waals surface area contributed by atoms with Gasteiger partial charge in [0.25, 0.3) is 5.91 Å². The fourth-order valence-corrected chi connectivity index (χ4v) is 3.13. The lowest BCUT2D eigenvalue weighted by Gasteiger charge is -2.16. The SMILES string of the molecule is COC(=O)[C@H](Cc1ccccc1)NC(=O)c1cc(-c2ccccc2Cl)nn1C.